The van der Waals surface area contributed by atoms with Crippen molar-refractivity contribution >= 4 is 23.2 Å². The number of likely N-dealkylation sites (N-methyl/N-ethyl adjacent to an activating group) is 1. The van der Waals surface area contributed by atoms with Gasteiger partial charge >= 0.3 is 0 Å². The third-order valence-corrected chi connectivity index (χ3v) is 5.16. The van der Waals surface area contributed by atoms with Crippen molar-refractivity contribution in [3.05, 3.63) is 51.4 Å². The first-order chi connectivity index (χ1) is 13.7. The van der Waals surface area contributed by atoms with E-state index in [1.165, 1.54) is 4.90 Å². The fourth-order valence-electron chi connectivity index (χ4n) is 3.23. The molecule has 29 heavy (non-hydrogen) atoms. The lowest BCUT2D eigenvalue weighted by atomic mass is 10.1. The first-order valence-corrected chi connectivity index (χ1v) is 9.39. The molecule has 0 aliphatic carbocycles. The average molecular weight is 398 g/mol. The average Bonchev–Trinajstić information content (AvgIpc) is 2.67. The van der Waals surface area contributed by atoms with Crippen LogP contribution in [-0.2, 0) is 4.79 Å². The van der Waals surface area contributed by atoms with Crippen molar-refractivity contribution < 1.29 is 14.3 Å². The first kappa shape index (κ1) is 20.4. The van der Waals surface area contributed by atoms with Gasteiger partial charge in [-0.2, -0.15) is 0 Å². The number of hydrogen-bond donors (Lipinski definition) is 2. The van der Waals surface area contributed by atoms with Crippen LogP contribution in [0.4, 0.5) is 11.4 Å². The van der Waals surface area contributed by atoms with E-state index in [1.807, 2.05) is 25.8 Å². The number of nitrogens with one attached hydrogen (secondary N) is 2. The van der Waals surface area contributed by atoms with Crippen LogP contribution in [0.2, 0.25) is 0 Å². The second-order valence-corrected chi connectivity index (χ2v) is 7.53. The minimum atomic E-state index is -0.327. The molecule has 0 bridgehead atoms. The number of aryl methyl sites for hydroxylation is 2. The number of aromatic amines is 1. The van der Waals surface area contributed by atoms with Gasteiger partial charge in [0.25, 0.3) is 11.5 Å². The van der Waals surface area contributed by atoms with Gasteiger partial charge in [0.05, 0.1) is 18.2 Å². The number of rotatable bonds is 4. The van der Waals surface area contributed by atoms with E-state index >= 15 is 0 Å². The quantitative estimate of drug-likeness (QED) is 0.821. The Balaban J connectivity index is 1.74. The third-order valence-electron chi connectivity index (χ3n) is 5.16. The van der Waals surface area contributed by atoms with Crippen molar-refractivity contribution in [2.75, 3.05) is 38.0 Å². The number of nitrogens with zero attached hydrogens (tertiary/aromatic N) is 2. The van der Waals surface area contributed by atoms with Crippen LogP contribution >= 0.6 is 0 Å². The van der Waals surface area contributed by atoms with Crippen molar-refractivity contribution in [1.82, 2.24) is 9.88 Å². The lowest BCUT2D eigenvalue weighted by Crippen LogP contribution is -2.43. The van der Waals surface area contributed by atoms with Crippen LogP contribution < -0.4 is 20.5 Å². The fraction of sp³-hybridized carbons (Fsp3) is 0.381. The molecule has 1 aliphatic heterocycles. The highest BCUT2D eigenvalue weighted by Crippen LogP contribution is 2.34. The SMILES string of the molecule is Cc1cc(NC(=O)CC2COc3ccc(C(=O)N(C)C)cc3N2C)c(=O)[nH]c1C. The van der Waals surface area contributed by atoms with Crippen molar-refractivity contribution in [3.63, 3.8) is 0 Å². The van der Waals surface area contributed by atoms with E-state index in [4.69, 9.17) is 4.74 Å². The first-order valence-electron chi connectivity index (χ1n) is 9.39. The molecule has 0 radical (unpaired) electrons. The smallest absolute Gasteiger partial charge is 0.271 e. The summed E-state index contributed by atoms with van der Waals surface area (Å²) in [4.78, 5) is 43.0. The van der Waals surface area contributed by atoms with Crippen molar-refractivity contribution in [2.24, 2.45) is 0 Å². The zero-order valence-electron chi connectivity index (χ0n) is 17.3. The molecule has 8 heteroatoms. The number of anilines is 2. The molecule has 1 aromatic heterocycles. The van der Waals surface area contributed by atoms with Gasteiger partial charge in [0.1, 0.15) is 18.0 Å². The summed E-state index contributed by atoms with van der Waals surface area (Å²) in [6.07, 6.45) is 0.147. The third kappa shape index (κ3) is 4.26. The maximum atomic E-state index is 12.5. The summed E-state index contributed by atoms with van der Waals surface area (Å²) < 4.78 is 5.80. The van der Waals surface area contributed by atoms with Crippen LogP contribution in [-0.4, -0.2) is 55.5 Å². The number of fused-ring (bicyclic) bond motifs is 1. The molecule has 1 unspecified atom stereocenters. The molecule has 0 spiro atoms. The van der Waals surface area contributed by atoms with E-state index in [-0.39, 0.29) is 35.5 Å². The van der Waals surface area contributed by atoms with Crippen molar-refractivity contribution in [3.8, 4) is 5.75 Å². The molecule has 1 aromatic carbocycles. The van der Waals surface area contributed by atoms with E-state index in [9.17, 15) is 14.4 Å². The van der Waals surface area contributed by atoms with E-state index in [0.29, 0.717) is 17.9 Å². The lowest BCUT2D eigenvalue weighted by molar-refractivity contribution is -0.116. The highest BCUT2D eigenvalue weighted by Gasteiger charge is 2.28. The lowest BCUT2D eigenvalue weighted by Gasteiger charge is -2.35. The summed E-state index contributed by atoms with van der Waals surface area (Å²) in [6.45, 7) is 4.01. The molecule has 0 fully saturated rings. The maximum absolute atomic E-state index is 12.5. The molecule has 2 amide bonds. The number of benzene rings is 1. The maximum Gasteiger partial charge on any atom is 0.271 e. The Labute approximate surface area is 169 Å². The number of amides is 2. The largest absolute Gasteiger partial charge is 0.489 e. The second kappa shape index (κ2) is 7.98. The normalized spacial score (nSPS) is 15.3. The number of H-pyrrole nitrogens is 1. The van der Waals surface area contributed by atoms with Crippen LogP contribution in [0.1, 0.15) is 28.0 Å². The van der Waals surface area contributed by atoms with Crippen LogP contribution in [0.15, 0.2) is 29.1 Å². The minimum Gasteiger partial charge on any atom is -0.489 e. The number of carbonyl (C=O) groups excluding carboxylic acids is 2. The van der Waals surface area contributed by atoms with Crippen molar-refractivity contribution in [2.45, 2.75) is 26.3 Å². The summed E-state index contributed by atoms with van der Waals surface area (Å²) >= 11 is 0. The highest BCUT2D eigenvalue weighted by molar-refractivity contribution is 5.95. The molecule has 0 saturated heterocycles. The fourth-order valence-corrected chi connectivity index (χ4v) is 3.23. The summed E-state index contributed by atoms with van der Waals surface area (Å²) in [7, 11) is 5.26. The molecule has 3 rings (SSSR count). The zero-order chi connectivity index (χ0) is 21.3. The Morgan fingerprint density at radius 1 is 1.28 bits per heavy atom. The second-order valence-electron chi connectivity index (χ2n) is 7.53. The Kier molecular flexibility index (Phi) is 5.63. The summed E-state index contributed by atoms with van der Waals surface area (Å²) in [5.41, 5.74) is 2.88. The molecular formula is C21H26N4O4. The van der Waals surface area contributed by atoms with E-state index in [0.717, 1.165) is 16.9 Å². The van der Waals surface area contributed by atoms with Gasteiger partial charge in [0.15, 0.2) is 0 Å². The zero-order valence-corrected chi connectivity index (χ0v) is 17.3. The Morgan fingerprint density at radius 2 is 2.00 bits per heavy atom. The monoisotopic (exact) mass is 398 g/mol. The van der Waals surface area contributed by atoms with Crippen molar-refractivity contribution in [1.29, 1.82) is 0 Å². The molecule has 2 N–H and O–H groups in total. The van der Waals surface area contributed by atoms with Gasteiger partial charge in [-0.15, -0.1) is 0 Å². The van der Waals surface area contributed by atoms with Gasteiger partial charge in [-0.05, 0) is 43.7 Å². The van der Waals surface area contributed by atoms with Gasteiger partial charge in [-0.1, -0.05) is 0 Å². The van der Waals surface area contributed by atoms with Gasteiger partial charge in [0.2, 0.25) is 5.91 Å². The van der Waals surface area contributed by atoms with E-state index in [1.54, 1.807) is 38.4 Å². The molecule has 8 nitrogen and oxygen atoms in total. The van der Waals surface area contributed by atoms with Crippen LogP contribution in [0.5, 0.6) is 5.75 Å². The summed E-state index contributed by atoms with van der Waals surface area (Å²) in [5.74, 6) is 0.295. The predicted molar refractivity (Wildman–Crippen MR) is 112 cm³/mol. The van der Waals surface area contributed by atoms with Gasteiger partial charge in [0, 0.05) is 32.4 Å². The van der Waals surface area contributed by atoms with Gasteiger partial charge < -0.3 is 24.8 Å². The van der Waals surface area contributed by atoms with Gasteiger partial charge in [-0.25, -0.2) is 0 Å². The molecule has 154 valence electrons. The minimum absolute atomic E-state index is 0.102. The topological polar surface area (TPSA) is 94.7 Å². The molecule has 2 heterocycles. The Bertz CT molecular complexity index is 1010. The number of aromatic nitrogens is 1. The number of pyridine rings is 1. The Morgan fingerprint density at radius 3 is 2.69 bits per heavy atom. The summed E-state index contributed by atoms with van der Waals surface area (Å²) in [5, 5.41) is 2.69. The highest BCUT2D eigenvalue weighted by atomic mass is 16.5. The summed E-state index contributed by atoms with van der Waals surface area (Å²) in [6, 6.07) is 6.72. The van der Waals surface area contributed by atoms with Crippen LogP contribution in [0.25, 0.3) is 0 Å². The van der Waals surface area contributed by atoms with E-state index < -0.39 is 0 Å². The predicted octanol–water partition coefficient (Wildman–Crippen LogP) is 1.92. The Hall–Kier alpha value is -3.29. The van der Waals surface area contributed by atoms with Crippen LogP contribution in [0, 0.1) is 13.8 Å². The number of carbonyl (C=O) groups is 2. The van der Waals surface area contributed by atoms with E-state index in [2.05, 4.69) is 10.3 Å². The number of ether oxygens (including phenoxy) is 1. The molecule has 2 aromatic rings. The molecular weight excluding hydrogens is 372 g/mol. The molecule has 1 atom stereocenters. The number of hydrogen-bond acceptors (Lipinski definition) is 5. The molecule has 1 aliphatic rings. The standard InChI is InChI=1S/C21H26N4O4/c1-12-8-16(20(27)22-13(12)2)23-19(26)10-15-11-29-18-7-6-14(21(28)24(3)4)9-17(18)25(15)5/h6-9,15H,10-11H2,1-5H3,(H,22,27)(H,23,26). The van der Waals surface area contributed by atoms with Crippen LogP contribution in [0.3, 0.4) is 0 Å². The van der Waals surface area contributed by atoms with Gasteiger partial charge in [-0.3, -0.25) is 14.4 Å². The molecule has 0 saturated carbocycles.